The van der Waals surface area contributed by atoms with Crippen molar-refractivity contribution in [2.75, 3.05) is 0 Å². The van der Waals surface area contributed by atoms with Crippen LogP contribution in [0.2, 0.25) is 5.02 Å². The largest absolute Gasteiger partial charge is 0.352 e. The Bertz CT molecular complexity index is 1080. The molecule has 0 aliphatic heterocycles. The van der Waals surface area contributed by atoms with Gasteiger partial charge in [0.1, 0.15) is 6.54 Å². The second-order valence-electron chi connectivity index (χ2n) is 7.16. The number of carbonyl (C=O) groups is 1. The zero-order valence-electron chi connectivity index (χ0n) is 16.6. The number of rotatable bonds is 6. The molecule has 2 heterocycles. The van der Waals surface area contributed by atoms with Crippen molar-refractivity contribution in [1.29, 1.82) is 0 Å². The summed E-state index contributed by atoms with van der Waals surface area (Å²) in [6.45, 7) is 8.35. The van der Waals surface area contributed by atoms with Crippen LogP contribution in [0.15, 0.2) is 35.3 Å². The van der Waals surface area contributed by atoms with E-state index in [1.165, 1.54) is 4.68 Å². The smallest absolute Gasteiger partial charge is 0.276 e. The fraction of sp³-hybridized carbons (Fsp3) is 0.381. The lowest BCUT2D eigenvalue weighted by molar-refractivity contribution is -0.122. The van der Waals surface area contributed by atoms with Gasteiger partial charge in [-0.1, -0.05) is 30.7 Å². The van der Waals surface area contributed by atoms with E-state index in [0.717, 1.165) is 28.8 Å². The third kappa shape index (κ3) is 3.97. The first-order chi connectivity index (χ1) is 13.3. The second kappa shape index (κ2) is 8.19. The molecule has 1 amide bonds. The molecule has 0 saturated heterocycles. The van der Waals surface area contributed by atoms with Gasteiger partial charge in [-0.2, -0.15) is 5.10 Å². The first-order valence-electron chi connectivity index (χ1n) is 9.41. The summed E-state index contributed by atoms with van der Waals surface area (Å²) < 4.78 is 3.32. The standard InChI is InChI=1S/C21H25ClN4O2/c1-5-13(2)24-19(27)12-26-21(28)20-15(4)25(14(3)18(20)10-23-26)11-16-7-6-8-17(22)9-16/h6-10,13H,5,11-12H2,1-4H3,(H,24,27)/t13-/m1/s1. The zero-order chi connectivity index (χ0) is 20.4. The number of benzene rings is 1. The molecule has 0 bridgehead atoms. The van der Waals surface area contributed by atoms with E-state index >= 15 is 0 Å². The van der Waals surface area contributed by atoms with Gasteiger partial charge >= 0.3 is 0 Å². The Labute approximate surface area is 169 Å². The molecule has 148 valence electrons. The summed E-state index contributed by atoms with van der Waals surface area (Å²) in [5.74, 6) is -0.212. The van der Waals surface area contributed by atoms with Crippen LogP contribution in [0.5, 0.6) is 0 Å². The summed E-state index contributed by atoms with van der Waals surface area (Å²) in [4.78, 5) is 25.2. The Morgan fingerprint density at radius 3 is 2.71 bits per heavy atom. The molecule has 0 unspecified atom stereocenters. The monoisotopic (exact) mass is 400 g/mol. The van der Waals surface area contributed by atoms with Gasteiger partial charge in [0.05, 0.1) is 11.6 Å². The molecule has 0 radical (unpaired) electrons. The molecule has 0 fully saturated rings. The van der Waals surface area contributed by atoms with E-state index in [0.29, 0.717) is 17.0 Å². The Morgan fingerprint density at radius 2 is 2.04 bits per heavy atom. The van der Waals surface area contributed by atoms with E-state index in [4.69, 9.17) is 11.6 Å². The summed E-state index contributed by atoms with van der Waals surface area (Å²) in [5.41, 5.74) is 2.63. The van der Waals surface area contributed by atoms with Gasteiger partial charge in [-0.05, 0) is 44.9 Å². The highest BCUT2D eigenvalue weighted by Crippen LogP contribution is 2.23. The second-order valence-corrected chi connectivity index (χ2v) is 7.60. The number of nitrogens with zero attached hydrogens (tertiary/aromatic N) is 3. The van der Waals surface area contributed by atoms with Crippen molar-refractivity contribution in [3.63, 3.8) is 0 Å². The minimum atomic E-state index is -0.248. The average molecular weight is 401 g/mol. The maximum atomic E-state index is 13.0. The molecule has 1 N–H and O–H groups in total. The lowest BCUT2D eigenvalue weighted by atomic mass is 10.2. The van der Waals surface area contributed by atoms with Crippen molar-refractivity contribution < 1.29 is 4.79 Å². The molecular weight excluding hydrogens is 376 g/mol. The minimum Gasteiger partial charge on any atom is -0.352 e. The molecule has 2 aromatic heterocycles. The van der Waals surface area contributed by atoms with Crippen LogP contribution in [0.1, 0.15) is 37.2 Å². The number of aryl methyl sites for hydroxylation is 2. The van der Waals surface area contributed by atoms with Crippen LogP contribution < -0.4 is 10.9 Å². The summed E-state index contributed by atoms with van der Waals surface area (Å²) in [6.07, 6.45) is 2.50. The van der Waals surface area contributed by atoms with Crippen LogP contribution in [0, 0.1) is 13.8 Å². The normalized spacial score (nSPS) is 12.3. The number of hydrogen-bond donors (Lipinski definition) is 1. The van der Waals surface area contributed by atoms with Crippen molar-refractivity contribution in [1.82, 2.24) is 19.7 Å². The summed E-state index contributed by atoms with van der Waals surface area (Å²) in [6, 6.07) is 7.74. The molecule has 1 atom stereocenters. The highest BCUT2D eigenvalue weighted by atomic mass is 35.5. The molecular formula is C21H25ClN4O2. The van der Waals surface area contributed by atoms with Crippen LogP contribution in [0.4, 0.5) is 0 Å². The van der Waals surface area contributed by atoms with Crippen LogP contribution >= 0.6 is 11.6 Å². The van der Waals surface area contributed by atoms with E-state index in [1.807, 2.05) is 52.0 Å². The third-order valence-corrected chi connectivity index (χ3v) is 5.38. The Hall–Kier alpha value is -2.60. The molecule has 3 aromatic rings. The Morgan fingerprint density at radius 1 is 1.29 bits per heavy atom. The van der Waals surface area contributed by atoms with Crippen molar-refractivity contribution >= 4 is 28.3 Å². The topological polar surface area (TPSA) is 68.9 Å². The third-order valence-electron chi connectivity index (χ3n) is 5.15. The number of nitrogens with one attached hydrogen (secondary N) is 1. The van der Waals surface area contributed by atoms with Crippen molar-refractivity contribution in [2.24, 2.45) is 0 Å². The summed E-state index contributed by atoms with van der Waals surface area (Å²) in [5, 5.41) is 9.18. The Balaban J connectivity index is 1.98. The molecule has 6 nitrogen and oxygen atoms in total. The van der Waals surface area contributed by atoms with Crippen LogP contribution in [0.25, 0.3) is 10.8 Å². The average Bonchev–Trinajstić information content (AvgIpc) is 2.89. The lowest BCUT2D eigenvalue weighted by Crippen LogP contribution is -2.37. The van der Waals surface area contributed by atoms with E-state index in [1.54, 1.807) is 6.20 Å². The van der Waals surface area contributed by atoms with Gasteiger partial charge in [-0.25, -0.2) is 4.68 Å². The molecule has 0 aliphatic carbocycles. The van der Waals surface area contributed by atoms with Crippen LogP contribution in [0.3, 0.4) is 0 Å². The predicted octanol–water partition coefficient (Wildman–Crippen LogP) is 3.43. The first-order valence-corrected chi connectivity index (χ1v) is 9.79. The zero-order valence-corrected chi connectivity index (χ0v) is 17.4. The molecule has 3 rings (SSSR count). The molecule has 0 spiro atoms. The lowest BCUT2D eigenvalue weighted by Gasteiger charge is -2.11. The fourth-order valence-electron chi connectivity index (χ4n) is 3.37. The first kappa shape index (κ1) is 20.1. The predicted molar refractivity (Wildman–Crippen MR) is 112 cm³/mol. The van der Waals surface area contributed by atoms with E-state index in [2.05, 4.69) is 15.0 Å². The molecule has 28 heavy (non-hydrogen) atoms. The van der Waals surface area contributed by atoms with Gasteiger partial charge in [0.2, 0.25) is 5.91 Å². The Kier molecular flexibility index (Phi) is 5.89. The maximum absolute atomic E-state index is 13.0. The highest BCUT2D eigenvalue weighted by Gasteiger charge is 2.18. The number of fused-ring (bicyclic) bond motifs is 1. The molecule has 1 aromatic carbocycles. The summed E-state index contributed by atoms with van der Waals surface area (Å²) >= 11 is 6.10. The maximum Gasteiger partial charge on any atom is 0.276 e. The number of carbonyl (C=O) groups excluding carboxylic acids is 1. The highest BCUT2D eigenvalue weighted by molar-refractivity contribution is 6.30. The van der Waals surface area contributed by atoms with E-state index < -0.39 is 0 Å². The van der Waals surface area contributed by atoms with Crippen molar-refractivity contribution in [2.45, 2.75) is 53.2 Å². The number of aromatic nitrogens is 3. The van der Waals surface area contributed by atoms with E-state index in [9.17, 15) is 9.59 Å². The quantitative estimate of drug-likeness (QED) is 0.689. The van der Waals surface area contributed by atoms with Gasteiger partial charge in [-0.15, -0.1) is 0 Å². The van der Waals surface area contributed by atoms with Gasteiger partial charge in [0.25, 0.3) is 5.56 Å². The van der Waals surface area contributed by atoms with Gasteiger partial charge < -0.3 is 9.88 Å². The number of hydrogen-bond acceptors (Lipinski definition) is 3. The molecule has 0 aliphatic rings. The number of amides is 1. The van der Waals surface area contributed by atoms with Gasteiger partial charge in [0.15, 0.2) is 0 Å². The SMILES string of the molecule is CC[C@@H](C)NC(=O)Cn1ncc2c(C)n(Cc3cccc(Cl)c3)c(C)c2c1=O. The number of halogens is 1. The fourth-order valence-corrected chi connectivity index (χ4v) is 3.58. The van der Waals surface area contributed by atoms with Crippen molar-refractivity contribution in [3.8, 4) is 0 Å². The van der Waals surface area contributed by atoms with E-state index in [-0.39, 0.29) is 24.1 Å². The summed E-state index contributed by atoms with van der Waals surface area (Å²) in [7, 11) is 0. The van der Waals surface area contributed by atoms with Gasteiger partial charge in [0, 0.05) is 34.4 Å². The van der Waals surface area contributed by atoms with Crippen LogP contribution in [-0.4, -0.2) is 26.3 Å². The molecule has 7 heteroatoms. The van der Waals surface area contributed by atoms with Crippen LogP contribution in [-0.2, 0) is 17.9 Å². The van der Waals surface area contributed by atoms with Gasteiger partial charge in [-0.3, -0.25) is 9.59 Å². The minimum absolute atomic E-state index is 0.0645. The van der Waals surface area contributed by atoms with Crippen molar-refractivity contribution in [3.05, 3.63) is 62.8 Å². The molecule has 0 saturated carbocycles.